The summed E-state index contributed by atoms with van der Waals surface area (Å²) in [5, 5.41) is 4.49. The van der Waals surface area contributed by atoms with Crippen LogP contribution in [0.3, 0.4) is 0 Å². The van der Waals surface area contributed by atoms with Crippen molar-refractivity contribution in [3.8, 4) is 16.9 Å². The number of hydrogen-bond acceptors (Lipinski definition) is 7. The molecule has 0 atom stereocenters. The first kappa shape index (κ1) is 26.1. The van der Waals surface area contributed by atoms with Crippen LogP contribution in [0.25, 0.3) is 22.6 Å². The first-order valence-corrected chi connectivity index (χ1v) is 13.7. The molecule has 0 aliphatic carbocycles. The van der Waals surface area contributed by atoms with Crippen molar-refractivity contribution in [3.05, 3.63) is 69.3 Å². The van der Waals surface area contributed by atoms with Gasteiger partial charge in [-0.15, -0.1) is 5.10 Å². The van der Waals surface area contributed by atoms with Gasteiger partial charge in [0, 0.05) is 28.0 Å². The molecule has 9 nitrogen and oxygen atoms in total. The van der Waals surface area contributed by atoms with E-state index in [0.717, 1.165) is 6.07 Å². The number of benzene rings is 1. The molecule has 0 bridgehead atoms. The molecular formula is C20H13Cl2F3N4O5S2. The highest BCUT2D eigenvalue weighted by molar-refractivity contribution is 7.92. The van der Waals surface area contributed by atoms with Gasteiger partial charge in [-0.05, 0) is 42.0 Å². The Labute approximate surface area is 211 Å². The van der Waals surface area contributed by atoms with E-state index < -0.39 is 46.5 Å². The maximum absolute atomic E-state index is 13.0. The van der Waals surface area contributed by atoms with Crippen LogP contribution < -0.4 is 5.69 Å². The fraction of sp³-hybridized carbons (Fsp3) is 0.150. The van der Waals surface area contributed by atoms with Crippen molar-refractivity contribution in [1.29, 1.82) is 0 Å². The minimum atomic E-state index is -5.75. The number of rotatable bonds is 5. The van der Waals surface area contributed by atoms with Crippen molar-refractivity contribution >= 4 is 48.5 Å². The molecule has 0 radical (unpaired) electrons. The van der Waals surface area contributed by atoms with Gasteiger partial charge >= 0.3 is 11.2 Å². The molecule has 1 aromatic carbocycles. The zero-order valence-corrected chi connectivity index (χ0v) is 21.0. The summed E-state index contributed by atoms with van der Waals surface area (Å²) in [6, 6.07) is 7.27. The molecule has 0 aliphatic heterocycles. The Bertz CT molecular complexity index is 1780. The molecule has 0 fully saturated rings. The Balaban J connectivity index is 1.96. The van der Waals surface area contributed by atoms with Gasteiger partial charge in [0.25, 0.3) is 9.84 Å². The van der Waals surface area contributed by atoms with Crippen molar-refractivity contribution in [2.45, 2.75) is 22.2 Å². The zero-order valence-electron chi connectivity index (χ0n) is 17.9. The second kappa shape index (κ2) is 8.87. The largest absolute Gasteiger partial charge is 0.501 e. The van der Waals surface area contributed by atoms with Crippen LogP contribution in [-0.4, -0.2) is 47.3 Å². The number of alkyl halides is 3. The standard InChI is InChI=1S/C20H13Cl2F3N4O5S2/c1-2-35(31,32)16-7-12(11-5-13(21)8-14(22)6-11)9-26-18(16)29-19(30)28-10-15(3-4-17(28)27-29)36(33,34)20(23,24)25/h3-10H,2H2,1H3. The predicted octanol–water partition coefficient (Wildman–Crippen LogP) is 3.94. The lowest BCUT2D eigenvalue weighted by molar-refractivity contribution is -0.0436. The highest BCUT2D eigenvalue weighted by Crippen LogP contribution is 2.31. The average Bonchev–Trinajstić information content (AvgIpc) is 3.13. The third-order valence-electron chi connectivity index (χ3n) is 5.05. The van der Waals surface area contributed by atoms with Gasteiger partial charge < -0.3 is 0 Å². The highest BCUT2D eigenvalue weighted by atomic mass is 35.5. The van der Waals surface area contributed by atoms with E-state index in [0.29, 0.717) is 32.5 Å². The lowest BCUT2D eigenvalue weighted by atomic mass is 10.1. The van der Waals surface area contributed by atoms with E-state index in [9.17, 15) is 34.8 Å². The van der Waals surface area contributed by atoms with E-state index in [1.165, 1.54) is 37.4 Å². The lowest BCUT2D eigenvalue weighted by Gasteiger charge is -2.11. The average molecular weight is 581 g/mol. The number of aromatic nitrogens is 4. The van der Waals surface area contributed by atoms with E-state index in [-0.39, 0.29) is 21.4 Å². The van der Waals surface area contributed by atoms with Crippen molar-refractivity contribution < 1.29 is 30.0 Å². The van der Waals surface area contributed by atoms with Gasteiger partial charge in [-0.2, -0.15) is 17.9 Å². The quantitative estimate of drug-likeness (QED) is 0.350. The first-order chi connectivity index (χ1) is 16.7. The van der Waals surface area contributed by atoms with Gasteiger partial charge in [-0.1, -0.05) is 30.1 Å². The number of halogens is 5. The minimum absolute atomic E-state index is 0.242. The summed E-state index contributed by atoms with van der Waals surface area (Å²) in [5.74, 6) is -0.806. The Morgan fingerprint density at radius 3 is 2.19 bits per heavy atom. The van der Waals surface area contributed by atoms with Gasteiger partial charge in [0.15, 0.2) is 21.3 Å². The van der Waals surface area contributed by atoms with Crippen molar-refractivity contribution in [1.82, 2.24) is 19.2 Å². The second-order valence-electron chi connectivity index (χ2n) is 7.34. The number of hydrogen-bond donors (Lipinski definition) is 0. The molecule has 0 saturated carbocycles. The third-order valence-corrected chi connectivity index (χ3v) is 8.69. The summed E-state index contributed by atoms with van der Waals surface area (Å²) in [6.07, 6.45) is 1.70. The molecule has 190 valence electrons. The first-order valence-electron chi connectivity index (χ1n) is 9.78. The van der Waals surface area contributed by atoms with Crippen LogP contribution in [0.2, 0.25) is 10.0 Å². The molecular weight excluding hydrogens is 568 g/mol. The van der Waals surface area contributed by atoms with E-state index in [1.807, 2.05) is 0 Å². The normalized spacial score (nSPS) is 12.8. The maximum Gasteiger partial charge on any atom is 0.501 e. The number of nitrogens with zero attached hydrogens (tertiary/aromatic N) is 4. The van der Waals surface area contributed by atoms with Crippen molar-refractivity contribution in [2.75, 3.05) is 5.75 Å². The van der Waals surface area contributed by atoms with Crippen LogP contribution in [0.5, 0.6) is 0 Å². The van der Waals surface area contributed by atoms with E-state index in [1.54, 1.807) is 0 Å². The third kappa shape index (κ3) is 4.49. The molecule has 16 heteroatoms. The summed E-state index contributed by atoms with van der Waals surface area (Å²) in [7, 11) is -9.76. The smallest absolute Gasteiger partial charge is 0.249 e. The Morgan fingerprint density at radius 2 is 1.61 bits per heavy atom. The van der Waals surface area contributed by atoms with E-state index in [4.69, 9.17) is 23.2 Å². The SMILES string of the molecule is CCS(=O)(=O)c1cc(-c2cc(Cl)cc(Cl)c2)cnc1-n1nc2ccc(S(=O)(=O)C(F)(F)F)cn2c1=O. The van der Waals surface area contributed by atoms with Gasteiger partial charge in [0.1, 0.15) is 4.90 Å². The molecule has 4 rings (SSSR count). The molecule has 0 spiro atoms. The predicted molar refractivity (Wildman–Crippen MR) is 125 cm³/mol. The van der Waals surface area contributed by atoms with Crippen LogP contribution in [0, 0.1) is 0 Å². The zero-order chi connectivity index (χ0) is 26.6. The Hall–Kier alpha value is -2.94. The summed E-state index contributed by atoms with van der Waals surface area (Å²) in [5.41, 5.74) is -6.24. The number of fused-ring (bicyclic) bond motifs is 1. The highest BCUT2D eigenvalue weighted by Gasteiger charge is 2.47. The number of sulfone groups is 2. The number of pyridine rings is 2. The molecule has 36 heavy (non-hydrogen) atoms. The van der Waals surface area contributed by atoms with Crippen molar-refractivity contribution in [3.63, 3.8) is 0 Å². The lowest BCUT2D eigenvalue weighted by Crippen LogP contribution is -2.25. The van der Waals surface area contributed by atoms with Crippen LogP contribution >= 0.6 is 23.2 Å². The fourth-order valence-corrected chi connectivity index (χ4v) is 5.56. The van der Waals surface area contributed by atoms with Crippen LogP contribution in [0.4, 0.5) is 13.2 Å². The molecule has 0 unspecified atom stereocenters. The maximum atomic E-state index is 13.0. The second-order valence-corrected chi connectivity index (χ2v) is 12.4. The topological polar surface area (TPSA) is 120 Å². The Kier molecular flexibility index (Phi) is 6.44. The molecule has 0 amide bonds. The van der Waals surface area contributed by atoms with Gasteiger partial charge in [-0.25, -0.2) is 31.0 Å². The Morgan fingerprint density at radius 1 is 0.972 bits per heavy atom. The molecule has 3 aromatic heterocycles. The van der Waals surface area contributed by atoms with E-state index in [2.05, 4.69) is 10.1 Å². The molecule has 0 aliphatic rings. The molecule has 0 N–H and O–H groups in total. The summed E-state index contributed by atoms with van der Waals surface area (Å²) in [4.78, 5) is 15.5. The van der Waals surface area contributed by atoms with Crippen LogP contribution in [0.1, 0.15) is 6.92 Å². The molecule has 3 heterocycles. The molecule has 4 aromatic rings. The van der Waals surface area contributed by atoms with Crippen LogP contribution in [-0.2, 0) is 19.7 Å². The minimum Gasteiger partial charge on any atom is -0.249 e. The van der Waals surface area contributed by atoms with Gasteiger partial charge in [0.05, 0.1) is 10.6 Å². The summed E-state index contributed by atoms with van der Waals surface area (Å²) in [6.45, 7) is 1.36. The van der Waals surface area contributed by atoms with Gasteiger partial charge in [-0.3, -0.25) is 0 Å². The molecule has 0 saturated heterocycles. The van der Waals surface area contributed by atoms with Gasteiger partial charge in [0.2, 0.25) is 0 Å². The summed E-state index contributed by atoms with van der Waals surface area (Å²) < 4.78 is 89.2. The summed E-state index contributed by atoms with van der Waals surface area (Å²) >= 11 is 12.1. The fourth-order valence-electron chi connectivity index (χ4n) is 3.25. The van der Waals surface area contributed by atoms with Crippen LogP contribution in [0.15, 0.2) is 63.4 Å². The van der Waals surface area contributed by atoms with Crippen molar-refractivity contribution in [2.24, 2.45) is 0 Å². The monoisotopic (exact) mass is 580 g/mol. The van der Waals surface area contributed by atoms with E-state index >= 15 is 0 Å².